The van der Waals surface area contributed by atoms with Gasteiger partial charge in [-0.25, -0.2) is 0 Å². The van der Waals surface area contributed by atoms with Crippen molar-refractivity contribution in [3.05, 3.63) is 17.5 Å². The van der Waals surface area contributed by atoms with E-state index in [4.69, 9.17) is 0 Å². The van der Waals surface area contributed by atoms with E-state index in [1.54, 1.807) is 6.20 Å². The Labute approximate surface area is 126 Å². The number of hydrogen-bond acceptors (Lipinski definition) is 3. The predicted molar refractivity (Wildman–Crippen MR) is 82.5 cm³/mol. The zero-order valence-corrected chi connectivity index (χ0v) is 13.5. The summed E-state index contributed by atoms with van der Waals surface area (Å²) in [4.78, 5) is 12.4. The van der Waals surface area contributed by atoms with Crippen molar-refractivity contribution in [1.82, 2.24) is 15.1 Å². The van der Waals surface area contributed by atoms with Crippen molar-refractivity contribution in [3.8, 4) is 0 Å². The Morgan fingerprint density at radius 3 is 2.57 bits per heavy atom. The van der Waals surface area contributed by atoms with E-state index in [9.17, 15) is 9.90 Å². The summed E-state index contributed by atoms with van der Waals surface area (Å²) in [5, 5.41) is 17.5. The maximum absolute atomic E-state index is 12.4. The SMILES string of the molecule is CCC(O)(CC)CNC(=O)c1cnn(C(C)C)c1C1CC1. The number of nitrogens with one attached hydrogen (secondary N) is 1. The van der Waals surface area contributed by atoms with Crippen LogP contribution in [-0.2, 0) is 0 Å². The van der Waals surface area contributed by atoms with Gasteiger partial charge >= 0.3 is 0 Å². The minimum absolute atomic E-state index is 0.121. The average Bonchev–Trinajstić information content (AvgIpc) is 3.22. The number of amides is 1. The summed E-state index contributed by atoms with van der Waals surface area (Å²) in [5.74, 6) is 0.344. The van der Waals surface area contributed by atoms with Gasteiger partial charge < -0.3 is 10.4 Å². The van der Waals surface area contributed by atoms with Crippen LogP contribution in [-0.4, -0.2) is 32.9 Å². The van der Waals surface area contributed by atoms with Gasteiger partial charge in [-0.3, -0.25) is 9.48 Å². The van der Waals surface area contributed by atoms with E-state index < -0.39 is 5.60 Å². The highest BCUT2D eigenvalue weighted by atomic mass is 16.3. The number of nitrogens with zero attached hydrogens (tertiary/aromatic N) is 2. The summed E-state index contributed by atoms with van der Waals surface area (Å²) < 4.78 is 1.96. The Balaban J connectivity index is 2.13. The van der Waals surface area contributed by atoms with E-state index in [2.05, 4.69) is 24.3 Å². The number of carbonyl (C=O) groups excluding carboxylic acids is 1. The summed E-state index contributed by atoms with van der Waals surface area (Å²) in [7, 11) is 0. The smallest absolute Gasteiger partial charge is 0.254 e. The third kappa shape index (κ3) is 3.46. The van der Waals surface area contributed by atoms with E-state index in [0.29, 0.717) is 24.3 Å². The molecule has 1 amide bonds. The van der Waals surface area contributed by atoms with Gasteiger partial charge in [-0.05, 0) is 39.5 Å². The van der Waals surface area contributed by atoms with E-state index >= 15 is 0 Å². The van der Waals surface area contributed by atoms with Crippen LogP contribution in [0.2, 0.25) is 0 Å². The van der Waals surface area contributed by atoms with E-state index in [-0.39, 0.29) is 18.5 Å². The first-order chi connectivity index (χ1) is 9.91. The van der Waals surface area contributed by atoms with Crippen LogP contribution in [0.4, 0.5) is 0 Å². The molecule has 1 aliphatic carbocycles. The van der Waals surface area contributed by atoms with Gasteiger partial charge in [-0.1, -0.05) is 13.8 Å². The summed E-state index contributed by atoms with van der Waals surface area (Å²) in [5.41, 5.74) is 0.906. The molecule has 0 spiro atoms. The van der Waals surface area contributed by atoms with Gasteiger partial charge in [0.25, 0.3) is 5.91 Å². The molecule has 1 fully saturated rings. The maximum Gasteiger partial charge on any atom is 0.254 e. The third-order valence-electron chi connectivity index (χ3n) is 4.43. The summed E-state index contributed by atoms with van der Waals surface area (Å²) >= 11 is 0. The second-order valence-electron chi connectivity index (χ2n) is 6.37. The van der Waals surface area contributed by atoms with Crippen LogP contribution >= 0.6 is 0 Å². The van der Waals surface area contributed by atoms with Crippen molar-refractivity contribution in [1.29, 1.82) is 0 Å². The largest absolute Gasteiger partial charge is 0.388 e. The summed E-state index contributed by atoms with van der Waals surface area (Å²) in [6.45, 7) is 8.31. The Morgan fingerprint density at radius 1 is 1.48 bits per heavy atom. The molecule has 118 valence electrons. The minimum Gasteiger partial charge on any atom is -0.388 e. The van der Waals surface area contributed by atoms with Crippen LogP contribution in [0.1, 0.15) is 81.4 Å². The van der Waals surface area contributed by atoms with Crippen LogP contribution in [0.3, 0.4) is 0 Å². The van der Waals surface area contributed by atoms with Crippen LogP contribution in [0.5, 0.6) is 0 Å². The average molecular weight is 293 g/mol. The quantitative estimate of drug-likeness (QED) is 0.812. The first-order valence-corrected chi connectivity index (χ1v) is 7.99. The van der Waals surface area contributed by atoms with Crippen LogP contribution in [0.15, 0.2) is 6.20 Å². The monoisotopic (exact) mass is 293 g/mol. The molecule has 0 saturated heterocycles. The second-order valence-corrected chi connectivity index (χ2v) is 6.37. The number of rotatable bonds is 7. The zero-order valence-electron chi connectivity index (χ0n) is 13.5. The number of hydrogen-bond donors (Lipinski definition) is 2. The summed E-state index contributed by atoms with van der Waals surface area (Å²) in [6.07, 6.45) is 5.19. The molecule has 1 heterocycles. The van der Waals surface area contributed by atoms with Crippen molar-refractivity contribution in [3.63, 3.8) is 0 Å². The van der Waals surface area contributed by atoms with Crippen molar-refractivity contribution in [2.45, 2.75) is 70.9 Å². The molecule has 1 aliphatic rings. The highest BCUT2D eigenvalue weighted by molar-refractivity contribution is 5.95. The third-order valence-corrected chi connectivity index (χ3v) is 4.43. The van der Waals surface area contributed by atoms with Gasteiger partial charge in [0.05, 0.1) is 23.1 Å². The van der Waals surface area contributed by atoms with E-state index in [0.717, 1.165) is 18.5 Å². The molecule has 5 heteroatoms. The summed E-state index contributed by atoms with van der Waals surface area (Å²) in [6, 6.07) is 0.255. The van der Waals surface area contributed by atoms with Crippen molar-refractivity contribution in [2.24, 2.45) is 0 Å². The van der Waals surface area contributed by atoms with Crippen LogP contribution in [0, 0.1) is 0 Å². The van der Waals surface area contributed by atoms with Crippen molar-refractivity contribution in [2.75, 3.05) is 6.54 Å². The molecule has 1 saturated carbocycles. The first-order valence-electron chi connectivity index (χ1n) is 7.99. The molecule has 5 nitrogen and oxygen atoms in total. The van der Waals surface area contributed by atoms with Gasteiger partial charge in [0.2, 0.25) is 0 Å². The molecule has 0 atom stereocenters. The van der Waals surface area contributed by atoms with Crippen LogP contribution in [0.25, 0.3) is 0 Å². The lowest BCUT2D eigenvalue weighted by atomic mass is 9.97. The zero-order chi connectivity index (χ0) is 15.6. The van der Waals surface area contributed by atoms with Gasteiger partial charge in [-0.15, -0.1) is 0 Å². The fourth-order valence-electron chi connectivity index (χ4n) is 2.56. The van der Waals surface area contributed by atoms with Crippen LogP contribution < -0.4 is 5.32 Å². The topological polar surface area (TPSA) is 67.2 Å². The Bertz CT molecular complexity index is 500. The number of aromatic nitrogens is 2. The number of aliphatic hydroxyl groups is 1. The molecule has 1 aromatic rings. The van der Waals surface area contributed by atoms with Crippen molar-refractivity contribution >= 4 is 5.91 Å². The van der Waals surface area contributed by atoms with Gasteiger partial charge in [-0.2, -0.15) is 5.10 Å². The molecule has 0 radical (unpaired) electrons. The predicted octanol–water partition coefficient (Wildman–Crippen LogP) is 2.62. The molecule has 0 aromatic carbocycles. The van der Waals surface area contributed by atoms with E-state index in [1.807, 2.05) is 18.5 Å². The fourth-order valence-corrected chi connectivity index (χ4v) is 2.56. The highest BCUT2D eigenvalue weighted by Gasteiger charge is 2.33. The number of carbonyl (C=O) groups is 1. The molecule has 1 aromatic heterocycles. The molecule has 0 bridgehead atoms. The lowest BCUT2D eigenvalue weighted by Crippen LogP contribution is -2.42. The normalized spacial score (nSPS) is 15.5. The van der Waals surface area contributed by atoms with Gasteiger partial charge in [0.1, 0.15) is 0 Å². The standard InChI is InChI=1S/C16H27N3O2/c1-5-16(21,6-2)10-17-15(20)13-9-18-19(11(3)4)14(13)12-7-8-12/h9,11-12,21H,5-8,10H2,1-4H3,(H,17,20). The maximum atomic E-state index is 12.4. The molecule has 21 heavy (non-hydrogen) atoms. The minimum atomic E-state index is -0.816. The van der Waals surface area contributed by atoms with E-state index in [1.165, 1.54) is 0 Å². The molecular weight excluding hydrogens is 266 g/mol. The van der Waals surface area contributed by atoms with Gasteiger partial charge in [0.15, 0.2) is 0 Å². The molecule has 2 N–H and O–H groups in total. The fraction of sp³-hybridized carbons (Fsp3) is 0.750. The first kappa shape index (κ1) is 16.0. The lowest BCUT2D eigenvalue weighted by Gasteiger charge is -2.25. The Morgan fingerprint density at radius 2 is 2.10 bits per heavy atom. The molecule has 0 aliphatic heterocycles. The molecule has 0 unspecified atom stereocenters. The Kier molecular flexibility index (Phi) is 4.71. The molecule has 2 rings (SSSR count). The van der Waals surface area contributed by atoms with Crippen molar-refractivity contribution < 1.29 is 9.90 Å². The molecular formula is C16H27N3O2. The second kappa shape index (κ2) is 6.18. The lowest BCUT2D eigenvalue weighted by molar-refractivity contribution is 0.0314. The Hall–Kier alpha value is -1.36. The highest BCUT2D eigenvalue weighted by Crippen LogP contribution is 2.42. The van der Waals surface area contributed by atoms with Gasteiger partial charge in [0, 0.05) is 18.5 Å².